The van der Waals surface area contributed by atoms with Crippen LogP contribution < -0.4 is 5.32 Å². The average Bonchev–Trinajstić information content (AvgIpc) is 2.49. The predicted octanol–water partition coefficient (Wildman–Crippen LogP) is 3.50. The molecule has 1 heterocycles. The van der Waals surface area contributed by atoms with Gasteiger partial charge in [0.15, 0.2) is 0 Å². The zero-order chi connectivity index (χ0) is 14.8. The van der Waals surface area contributed by atoms with E-state index >= 15 is 0 Å². The number of pyridine rings is 1. The SMILES string of the molecule is Cc1ccc(NC(=O)c2ccc3ccccc3n2)c(O)c1. The van der Waals surface area contributed by atoms with Gasteiger partial charge in [0.05, 0.1) is 11.2 Å². The summed E-state index contributed by atoms with van der Waals surface area (Å²) in [6.07, 6.45) is 0. The number of aromatic hydroxyl groups is 1. The van der Waals surface area contributed by atoms with Gasteiger partial charge in [0.25, 0.3) is 5.91 Å². The summed E-state index contributed by atoms with van der Waals surface area (Å²) in [6.45, 7) is 1.87. The van der Waals surface area contributed by atoms with Crippen molar-refractivity contribution in [3.63, 3.8) is 0 Å². The van der Waals surface area contributed by atoms with Crippen LogP contribution in [0.3, 0.4) is 0 Å². The van der Waals surface area contributed by atoms with Crippen molar-refractivity contribution in [2.24, 2.45) is 0 Å². The number of benzene rings is 2. The molecule has 0 aliphatic rings. The topological polar surface area (TPSA) is 62.2 Å². The number of phenolic OH excluding ortho intramolecular Hbond substituents is 1. The molecule has 104 valence electrons. The highest BCUT2D eigenvalue weighted by Crippen LogP contribution is 2.24. The van der Waals surface area contributed by atoms with Crippen molar-refractivity contribution in [2.75, 3.05) is 5.32 Å². The predicted molar refractivity (Wildman–Crippen MR) is 82.5 cm³/mol. The van der Waals surface area contributed by atoms with Gasteiger partial charge in [0, 0.05) is 5.39 Å². The van der Waals surface area contributed by atoms with Crippen LogP contribution in [-0.2, 0) is 0 Å². The van der Waals surface area contributed by atoms with Crippen molar-refractivity contribution in [1.29, 1.82) is 0 Å². The molecular formula is C17H14N2O2. The van der Waals surface area contributed by atoms with E-state index in [1.165, 1.54) is 0 Å². The Hall–Kier alpha value is -2.88. The van der Waals surface area contributed by atoms with E-state index in [1.54, 1.807) is 18.2 Å². The summed E-state index contributed by atoms with van der Waals surface area (Å²) in [4.78, 5) is 16.5. The molecule has 0 bridgehead atoms. The number of phenols is 1. The van der Waals surface area contributed by atoms with Gasteiger partial charge in [-0.3, -0.25) is 4.79 Å². The second-order valence-corrected chi connectivity index (χ2v) is 4.86. The molecular weight excluding hydrogens is 264 g/mol. The third-order valence-electron chi connectivity index (χ3n) is 3.23. The van der Waals surface area contributed by atoms with Crippen LogP contribution >= 0.6 is 0 Å². The highest BCUT2D eigenvalue weighted by Gasteiger charge is 2.10. The number of amides is 1. The fourth-order valence-electron chi connectivity index (χ4n) is 2.13. The Bertz CT molecular complexity index is 828. The number of aromatic nitrogens is 1. The summed E-state index contributed by atoms with van der Waals surface area (Å²) in [7, 11) is 0. The number of carbonyl (C=O) groups excluding carboxylic acids is 1. The van der Waals surface area contributed by atoms with Gasteiger partial charge in [-0.15, -0.1) is 0 Å². The minimum atomic E-state index is -0.347. The zero-order valence-corrected chi connectivity index (χ0v) is 11.5. The molecule has 21 heavy (non-hydrogen) atoms. The molecule has 0 atom stereocenters. The van der Waals surface area contributed by atoms with E-state index in [0.717, 1.165) is 16.5 Å². The number of rotatable bonds is 2. The van der Waals surface area contributed by atoms with Crippen molar-refractivity contribution >= 4 is 22.5 Å². The average molecular weight is 278 g/mol. The Labute approximate surface area is 122 Å². The minimum Gasteiger partial charge on any atom is -0.506 e. The molecule has 3 aromatic rings. The maximum Gasteiger partial charge on any atom is 0.274 e. The highest BCUT2D eigenvalue weighted by molar-refractivity contribution is 6.04. The second kappa shape index (κ2) is 5.25. The largest absolute Gasteiger partial charge is 0.506 e. The molecule has 0 aliphatic carbocycles. The molecule has 0 saturated heterocycles. The van der Waals surface area contributed by atoms with Gasteiger partial charge in [-0.1, -0.05) is 30.3 Å². The number of para-hydroxylation sites is 1. The van der Waals surface area contributed by atoms with Crippen molar-refractivity contribution in [3.05, 3.63) is 65.9 Å². The van der Waals surface area contributed by atoms with Crippen LogP contribution in [0, 0.1) is 6.92 Å². The molecule has 0 spiro atoms. The Morgan fingerprint density at radius 2 is 1.90 bits per heavy atom. The van der Waals surface area contributed by atoms with Crippen LogP contribution in [0.15, 0.2) is 54.6 Å². The van der Waals surface area contributed by atoms with Crippen molar-refractivity contribution in [1.82, 2.24) is 4.98 Å². The molecule has 0 unspecified atom stereocenters. The first kappa shape index (κ1) is 13.1. The van der Waals surface area contributed by atoms with Crippen LogP contribution in [0.4, 0.5) is 5.69 Å². The van der Waals surface area contributed by atoms with Crippen LogP contribution in [0.25, 0.3) is 10.9 Å². The quantitative estimate of drug-likeness (QED) is 0.705. The lowest BCUT2D eigenvalue weighted by Gasteiger charge is -2.08. The molecule has 3 rings (SSSR count). The monoisotopic (exact) mass is 278 g/mol. The van der Waals surface area contributed by atoms with Crippen molar-refractivity contribution < 1.29 is 9.90 Å². The number of anilines is 1. The van der Waals surface area contributed by atoms with Gasteiger partial charge >= 0.3 is 0 Å². The molecule has 0 saturated carbocycles. The normalized spacial score (nSPS) is 10.5. The minimum absolute atomic E-state index is 0.0455. The van der Waals surface area contributed by atoms with E-state index in [9.17, 15) is 9.90 Å². The fraction of sp³-hybridized carbons (Fsp3) is 0.0588. The lowest BCUT2D eigenvalue weighted by molar-refractivity contribution is 0.102. The lowest BCUT2D eigenvalue weighted by Crippen LogP contribution is -2.13. The molecule has 0 aliphatic heterocycles. The van der Waals surface area contributed by atoms with E-state index in [1.807, 2.05) is 43.3 Å². The molecule has 4 heteroatoms. The van der Waals surface area contributed by atoms with Crippen molar-refractivity contribution in [3.8, 4) is 5.75 Å². The van der Waals surface area contributed by atoms with Gasteiger partial charge in [-0.05, 0) is 36.8 Å². The Balaban J connectivity index is 1.89. The maximum absolute atomic E-state index is 12.2. The summed E-state index contributed by atoms with van der Waals surface area (Å²) in [6, 6.07) is 16.2. The standard InChI is InChI=1S/C17H14N2O2/c1-11-6-8-14(16(20)10-11)19-17(21)15-9-7-12-4-2-3-5-13(12)18-15/h2-10,20H,1H3,(H,19,21). The summed E-state index contributed by atoms with van der Waals surface area (Å²) in [5.74, 6) is -0.302. The Morgan fingerprint density at radius 3 is 2.71 bits per heavy atom. The van der Waals surface area contributed by atoms with Crippen LogP contribution in [-0.4, -0.2) is 16.0 Å². The molecule has 4 nitrogen and oxygen atoms in total. The zero-order valence-electron chi connectivity index (χ0n) is 11.5. The first-order valence-corrected chi connectivity index (χ1v) is 6.60. The summed E-state index contributed by atoms with van der Waals surface area (Å²) in [5.41, 5.74) is 2.38. The molecule has 0 radical (unpaired) electrons. The van der Waals surface area contributed by atoms with E-state index < -0.39 is 0 Å². The van der Waals surface area contributed by atoms with Crippen LogP contribution in [0.1, 0.15) is 16.1 Å². The summed E-state index contributed by atoms with van der Waals surface area (Å²) in [5, 5.41) is 13.5. The van der Waals surface area contributed by atoms with Gasteiger partial charge in [-0.2, -0.15) is 0 Å². The molecule has 2 N–H and O–H groups in total. The summed E-state index contributed by atoms with van der Waals surface area (Å²) >= 11 is 0. The smallest absolute Gasteiger partial charge is 0.274 e. The number of hydrogen-bond acceptors (Lipinski definition) is 3. The van der Waals surface area contributed by atoms with Gasteiger partial charge in [0.1, 0.15) is 11.4 Å². The van der Waals surface area contributed by atoms with E-state index in [2.05, 4.69) is 10.3 Å². The molecule has 0 fully saturated rings. The van der Waals surface area contributed by atoms with Crippen LogP contribution in [0.5, 0.6) is 5.75 Å². The number of nitrogens with one attached hydrogen (secondary N) is 1. The molecule has 2 aromatic carbocycles. The number of carbonyl (C=O) groups is 1. The number of aryl methyl sites for hydroxylation is 1. The summed E-state index contributed by atoms with van der Waals surface area (Å²) < 4.78 is 0. The first-order valence-electron chi connectivity index (χ1n) is 6.60. The second-order valence-electron chi connectivity index (χ2n) is 4.86. The van der Waals surface area contributed by atoms with Gasteiger partial charge < -0.3 is 10.4 Å². The maximum atomic E-state index is 12.2. The Kier molecular flexibility index (Phi) is 3.28. The first-order chi connectivity index (χ1) is 10.1. The molecule has 1 aromatic heterocycles. The van der Waals surface area contributed by atoms with Crippen LogP contribution in [0.2, 0.25) is 0 Å². The van der Waals surface area contributed by atoms with Gasteiger partial charge in [0.2, 0.25) is 0 Å². The van der Waals surface area contributed by atoms with Gasteiger partial charge in [-0.25, -0.2) is 4.98 Å². The van der Waals surface area contributed by atoms with E-state index in [0.29, 0.717) is 11.4 Å². The Morgan fingerprint density at radius 1 is 1.10 bits per heavy atom. The van der Waals surface area contributed by atoms with E-state index in [4.69, 9.17) is 0 Å². The number of nitrogens with zero attached hydrogens (tertiary/aromatic N) is 1. The third kappa shape index (κ3) is 2.69. The number of hydrogen-bond donors (Lipinski definition) is 2. The number of fused-ring (bicyclic) bond motifs is 1. The lowest BCUT2D eigenvalue weighted by atomic mass is 10.2. The van der Waals surface area contributed by atoms with Crippen molar-refractivity contribution in [2.45, 2.75) is 6.92 Å². The third-order valence-corrected chi connectivity index (χ3v) is 3.23. The highest BCUT2D eigenvalue weighted by atomic mass is 16.3. The van der Waals surface area contributed by atoms with E-state index in [-0.39, 0.29) is 11.7 Å². The molecule has 1 amide bonds. The fourth-order valence-corrected chi connectivity index (χ4v) is 2.13.